The second-order valence-electron chi connectivity index (χ2n) is 4.60. The molecule has 1 aliphatic rings. The molecular weight excluding hydrogens is 198 g/mol. The maximum absolute atomic E-state index is 5.69. The molecule has 1 aromatic carbocycles. The van der Waals surface area contributed by atoms with Crippen LogP contribution < -0.4 is 10.1 Å². The van der Waals surface area contributed by atoms with Gasteiger partial charge in [-0.05, 0) is 51.3 Å². The average Bonchev–Trinajstić information content (AvgIpc) is 2.80. The SMILES string of the molecule is Cc1ccc(OCCCC2CCCN2)cc1. The zero-order valence-electron chi connectivity index (χ0n) is 10.0. The summed E-state index contributed by atoms with van der Waals surface area (Å²) in [6.45, 7) is 4.13. The van der Waals surface area contributed by atoms with Gasteiger partial charge in [-0.3, -0.25) is 0 Å². The maximum Gasteiger partial charge on any atom is 0.119 e. The van der Waals surface area contributed by atoms with E-state index in [1.54, 1.807) is 0 Å². The fourth-order valence-electron chi connectivity index (χ4n) is 2.16. The average molecular weight is 219 g/mol. The van der Waals surface area contributed by atoms with Crippen molar-refractivity contribution >= 4 is 0 Å². The highest BCUT2D eigenvalue weighted by atomic mass is 16.5. The van der Waals surface area contributed by atoms with Gasteiger partial charge in [0.1, 0.15) is 5.75 Å². The summed E-state index contributed by atoms with van der Waals surface area (Å²) in [4.78, 5) is 0. The third-order valence-electron chi connectivity index (χ3n) is 3.15. The summed E-state index contributed by atoms with van der Waals surface area (Å²) in [7, 11) is 0. The van der Waals surface area contributed by atoms with Gasteiger partial charge in [-0.1, -0.05) is 17.7 Å². The molecule has 1 aliphatic heterocycles. The molecule has 0 aliphatic carbocycles. The Bertz CT molecular complexity index is 301. The number of hydrogen-bond acceptors (Lipinski definition) is 2. The third-order valence-corrected chi connectivity index (χ3v) is 3.15. The number of aryl methyl sites for hydroxylation is 1. The lowest BCUT2D eigenvalue weighted by molar-refractivity contribution is 0.299. The summed E-state index contributed by atoms with van der Waals surface area (Å²) in [6.07, 6.45) is 5.06. The van der Waals surface area contributed by atoms with E-state index >= 15 is 0 Å². The first-order valence-corrected chi connectivity index (χ1v) is 6.27. The third kappa shape index (κ3) is 3.53. The van der Waals surface area contributed by atoms with Gasteiger partial charge in [-0.2, -0.15) is 0 Å². The van der Waals surface area contributed by atoms with Crippen LogP contribution in [-0.2, 0) is 0 Å². The van der Waals surface area contributed by atoms with Crippen LogP contribution in [0.4, 0.5) is 0 Å². The van der Waals surface area contributed by atoms with Crippen LogP contribution >= 0.6 is 0 Å². The lowest BCUT2D eigenvalue weighted by Gasteiger charge is -2.10. The summed E-state index contributed by atoms with van der Waals surface area (Å²) in [5.41, 5.74) is 1.28. The molecule has 0 saturated carbocycles. The fourth-order valence-corrected chi connectivity index (χ4v) is 2.16. The molecule has 1 N–H and O–H groups in total. The molecule has 1 aromatic rings. The van der Waals surface area contributed by atoms with Gasteiger partial charge >= 0.3 is 0 Å². The topological polar surface area (TPSA) is 21.3 Å². The van der Waals surface area contributed by atoms with Crippen molar-refractivity contribution in [1.82, 2.24) is 5.32 Å². The summed E-state index contributed by atoms with van der Waals surface area (Å²) in [6, 6.07) is 9.01. The Labute approximate surface area is 98.0 Å². The van der Waals surface area contributed by atoms with Crippen LogP contribution in [0.15, 0.2) is 24.3 Å². The maximum atomic E-state index is 5.69. The molecule has 2 rings (SSSR count). The van der Waals surface area contributed by atoms with Gasteiger partial charge in [0.05, 0.1) is 6.61 Å². The number of nitrogens with one attached hydrogen (secondary N) is 1. The molecule has 0 spiro atoms. The molecule has 2 nitrogen and oxygen atoms in total. The molecular formula is C14H21NO. The van der Waals surface area contributed by atoms with E-state index in [0.29, 0.717) is 0 Å². The van der Waals surface area contributed by atoms with Gasteiger partial charge in [-0.15, -0.1) is 0 Å². The molecule has 2 heteroatoms. The summed E-state index contributed by atoms with van der Waals surface area (Å²) >= 11 is 0. The van der Waals surface area contributed by atoms with Crippen molar-refractivity contribution in [3.05, 3.63) is 29.8 Å². The van der Waals surface area contributed by atoms with Crippen molar-refractivity contribution in [3.8, 4) is 5.75 Å². The normalized spacial score (nSPS) is 19.9. The highest BCUT2D eigenvalue weighted by molar-refractivity contribution is 5.26. The smallest absolute Gasteiger partial charge is 0.119 e. The van der Waals surface area contributed by atoms with Crippen molar-refractivity contribution in [2.75, 3.05) is 13.2 Å². The molecule has 1 saturated heterocycles. The van der Waals surface area contributed by atoms with Crippen LogP contribution in [0.5, 0.6) is 5.75 Å². The molecule has 1 atom stereocenters. The highest BCUT2D eigenvalue weighted by Gasteiger charge is 2.12. The van der Waals surface area contributed by atoms with Crippen molar-refractivity contribution in [2.24, 2.45) is 0 Å². The molecule has 0 bridgehead atoms. The molecule has 1 unspecified atom stereocenters. The minimum absolute atomic E-state index is 0.738. The van der Waals surface area contributed by atoms with E-state index in [4.69, 9.17) is 4.74 Å². The Morgan fingerprint density at radius 3 is 2.81 bits per heavy atom. The van der Waals surface area contributed by atoms with Gasteiger partial charge in [0.15, 0.2) is 0 Å². The highest BCUT2D eigenvalue weighted by Crippen LogP contribution is 2.14. The monoisotopic (exact) mass is 219 g/mol. The zero-order valence-corrected chi connectivity index (χ0v) is 10.0. The molecule has 1 fully saturated rings. The first kappa shape index (κ1) is 11.5. The van der Waals surface area contributed by atoms with Gasteiger partial charge < -0.3 is 10.1 Å². The zero-order chi connectivity index (χ0) is 11.2. The van der Waals surface area contributed by atoms with Crippen molar-refractivity contribution in [1.29, 1.82) is 0 Å². The predicted octanol–water partition coefficient (Wildman–Crippen LogP) is 2.91. The Balaban J connectivity index is 1.62. The van der Waals surface area contributed by atoms with Crippen LogP contribution in [0, 0.1) is 6.92 Å². The molecule has 88 valence electrons. The van der Waals surface area contributed by atoms with E-state index < -0.39 is 0 Å². The van der Waals surface area contributed by atoms with E-state index in [9.17, 15) is 0 Å². The largest absolute Gasteiger partial charge is 0.494 e. The molecule has 0 radical (unpaired) electrons. The van der Waals surface area contributed by atoms with E-state index in [-0.39, 0.29) is 0 Å². The van der Waals surface area contributed by atoms with Crippen molar-refractivity contribution < 1.29 is 4.74 Å². The van der Waals surface area contributed by atoms with Crippen LogP contribution in [-0.4, -0.2) is 19.2 Å². The molecule has 0 aromatic heterocycles. The van der Waals surface area contributed by atoms with Gasteiger partial charge in [0.25, 0.3) is 0 Å². The van der Waals surface area contributed by atoms with Crippen LogP contribution in [0.1, 0.15) is 31.2 Å². The Hall–Kier alpha value is -1.02. The van der Waals surface area contributed by atoms with Crippen LogP contribution in [0.25, 0.3) is 0 Å². The molecule has 0 amide bonds. The van der Waals surface area contributed by atoms with Crippen molar-refractivity contribution in [2.45, 2.75) is 38.6 Å². The van der Waals surface area contributed by atoms with Gasteiger partial charge in [0.2, 0.25) is 0 Å². The second-order valence-corrected chi connectivity index (χ2v) is 4.60. The standard InChI is InChI=1S/C14H21NO/c1-12-6-8-14(9-7-12)16-11-3-5-13-4-2-10-15-13/h6-9,13,15H,2-5,10-11H2,1H3. The number of ether oxygens (including phenoxy) is 1. The minimum Gasteiger partial charge on any atom is -0.494 e. The van der Waals surface area contributed by atoms with E-state index in [2.05, 4.69) is 24.4 Å². The lowest BCUT2D eigenvalue weighted by atomic mass is 10.1. The van der Waals surface area contributed by atoms with Gasteiger partial charge in [0, 0.05) is 6.04 Å². The Morgan fingerprint density at radius 2 is 2.12 bits per heavy atom. The van der Waals surface area contributed by atoms with E-state index in [1.165, 1.54) is 31.4 Å². The molecule has 16 heavy (non-hydrogen) atoms. The summed E-state index contributed by atoms with van der Waals surface area (Å²) < 4.78 is 5.69. The van der Waals surface area contributed by atoms with Gasteiger partial charge in [-0.25, -0.2) is 0 Å². The lowest BCUT2D eigenvalue weighted by Crippen LogP contribution is -2.21. The van der Waals surface area contributed by atoms with Crippen LogP contribution in [0.3, 0.4) is 0 Å². The number of benzene rings is 1. The number of rotatable bonds is 5. The quantitative estimate of drug-likeness (QED) is 0.769. The summed E-state index contributed by atoms with van der Waals surface area (Å²) in [5, 5.41) is 3.51. The first-order valence-electron chi connectivity index (χ1n) is 6.27. The number of hydrogen-bond donors (Lipinski definition) is 1. The molecule has 1 heterocycles. The van der Waals surface area contributed by atoms with E-state index in [1.807, 2.05) is 12.1 Å². The second kappa shape index (κ2) is 5.90. The Morgan fingerprint density at radius 1 is 1.31 bits per heavy atom. The van der Waals surface area contributed by atoms with Crippen molar-refractivity contribution in [3.63, 3.8) is 0 Å². The fraction of sp³-hybridized carbons (Fsp3) is 0.571. The Kier molecular flexibility index (Phi) is 4.23. The summed E-state index contributed by atoms with van der Waals surface area (Å²) in [5.74, 6) is 0.991. The predicted molar refractivity (Wildman–Crippen MR) is 66.9 cm³/mol. The van der Waals surface area contributed by atoms with E-state index in [0.717, 1.165) is 24.8 Å². The van der Waals surface area contributed by atoms with Crippen LogP contribution in [0.2, 0.25) is 0 Å². The minimum atomic E-state index is 0.738. The first-order chi connectivity index (χ1) is 7.84.